The molecule has 0 atom stereocenters. The molecule has 25 heavy (non-hydrogen) atoms. The number of benzene rings is 2. The van der Waals surface area contributed by atoms with Crippen molar-refractivity contribution < 1.29 is 19.2 Å². The Labute approximate surface area is 158 Å². The monoisotopic (exact) mass is 456 g/mol. The van der Waals surface area contributed by atoms with Gasteiger partial charge in [0, 0.05) is 15.3 Å². The Morgan fingerprint density at radius 3 is 2.56 bits per heavy atom. The van der Waals surface area contributed by atoms with Crippen molar-refractivity contribution in [1.29, 1.82) is 0 Å². The van der Waals surface area contributed by atoms with E-state index in [4.69, 9.17) is 9.47 Å². The lowest BCUT2D eigenvalue weighted by atomic mass is 10.1. The topological polar surface area (TPSA) is 90.7 Å². The summed E-state index contributed by atoms with van der Waals surface area (Å²) in [5.74, 6) is -0.107. The van der Waals surface area contributed by atoms with Crippen molar-refractivity contribution in [1.82, 2.24) is 0 Å². The maximum absolute atomic E-state index is 12.6. The third-order valence-corrected chi connectivity index (χ3v) is 4.62. The van der Waals surface area contributed by atoms with E-state index in [0.29, 0.717) is 12.3 Å². The predicted molar refractivity (Wildman–Crippen MR) is 103 cm³/mol. The molecule has 132 valence electrons. The molecule has 0 aliphatic rings. The number of nitrogens with zero attached hydrogens (tertiary/aromatic N) is 1. The van der Waals surface area contributed by atoms with Gasteiger partial charge in [-0.15, -0.1) is 0 Å². The van der Waals surface area contributed by atoms with E-state index in [1.807, 2.05) is 13.0 Å². The molecule has 1 N–H and O–H groups in total. The average Bonchev–Trinajstić information content (AvgIpc) is 2.57. The molecule has 0 heterocycles. The van der Waals surface area contributed by atoms with Crippen LogP contribution in [0, 0.1) is 20.6 Å². The van der Waals surface area contributed by atoms with Crippen LogP contribution in [0.3, 0.4) is 0 Å². The number of nitro benzene ring substituents is 1. The highest BCUT2D eigenvalue weighted by Crippen LogP contribution is 2.35. The molecule has 8 heteroatoms. The van der Waals surface area contributed by atoms with Crippen LogP contribution in [-0.4, -0.2) is 24.5 Å². The van der Waals surface area contributed by atoms with Crippen LogP contribution in [0.25, 0.3) is 0 Å². The SMILES string of the molecule is CCOc1cc(C(=O)Nc2ccc(C)c(I)c2)c([N+](=O)[O-])cc1OC. The van der Waals surface area contributed by atoms with Gasteiger partial charge in [0.1, 0.15) is 5.56 Å². The molecule has 2 aromatic carbocycles. The van der Waals surface area contributed by atoms with Crippen molar-refractivity contribution in [2.45, 2.75) is 13.8 Å². The molecule has 7 nitrogen and oxygen atoms in total. The summed E-state index contributed by atoms with van der Waals surface area (Å²) in [4.78, 5) is 23.3. The highest BCUT2D eigenvalue weighted by atomic mass is 127. The summed E-state index contributed by atoms with van der Waals surface area (Å²) in [6, 6.07) is 7.93. The van der Waals surface area contributed by atoms with Crippen LogP contribution >= 0.6 is 22.6 Å². The minimum absolute atomic E-state index is 0.0927. The number of rotatable bonds is 6. The van der Waals surface area contributed by atoms with E-state index < -0.39 is 10.8 Å². The Morgan fingerprint density at radius 1 is 1.28 bits per heavy atom. The van der Waals surface area contributed by atoms with Gasteiger partial charge in [0.25, 0.3) is 11.6 Å². The Kier molecular flexibility index (Phi) is 6.18. The first-order chi connectivity index (χ1) is 11.9. The smallest absolute Gasteiger partial charge is 0.286 e. The van der Waals surface area contributed by atoms with E-state index in [2.05, 4.69) is 27.9 Å². The first-order valence-electron chi connectivity index (χ1n) is 7.44. The first-order valence-corrected chi connectivity index (χ1v) is 8.52. The van der Waals surface area contributed by atoms with Crippen LogP contribution in [0.2, 0.25) is 0 Å². The fourth-order valence-electron chi connectivity index (χ4n) is 2.18. The second kappa shape index (κ2) is 8.15. The minimum atomic E-state index is -0.619. The number of nitrogens with one attached hydrogen (secondary N) is 1. The highest BCUT2D eigenvalue weighted by Gasteiger charge is 2.25. The van der Waals surface area contributed by atoms with Crippen molar-refractivity contribution in [3.8, 4) is 11.5 Å². The third-order valence-electron chi connectivity index (χ3n) is 3.45. The Morgan fingerprint density at radius 2 is 2.00 bits per heavy atom. The summed E-state index contributed by atoms with van der Waals surface area (Å²) in [5, 5.41) is 14.0. The van der Waals surface area contributed by atoms with E-state index in [1.54, 1.807) is 19.1 Å². The lowest BCUT2D eigenvalue weighted by Crippen LogP contribution is -2.15. The summed E-state index contributed by atoms with van der Waals surface area (Å²) >= 11 is 2.16. The molecule has 0 aromatic heterocycles. The van der Waals surface area contributed by atoms with Gasteiger partial charge in [0.05, 0.1) is 24.7 Å². The number of nitro groups is 1. The van der Waals surface area contributed by atoms with Crippen molar-refractivity contribution in [2.75, 3.05) is 19.0 Å². The molecule has 0 fully saturated rings. The van der Waals surface area contributed by atoms with E-state index in [0.717, 1.165) is 9.13 Å². The van der Waals surface area contributed by atoms with Crippen molar-refractivity contribution in [3.63, 3.8) is 0 Å². The van der Waals surface area contributed by atoms with E-state index in [9.17, 15) is 14.9 Å². The third kappa shape index (κ3) is 4.38. The van der Waals surface area contributed by atoms with Crippen LogP contribution in [-0.2, 0) is 0 Å². The zero-order valence-electron chi connectivity index (χ0n) is 14.0. The number of halogens is 1. The molecule has 0 saturated heterocycles. The number of hydrogen-bond donors (Lipinski definition) is 1. The Balaban J connectivity index is 2.44. The van der Waals surface area contributed by atoms with E-state index >= 15 is 0 Å². The van der Waals surface area contributed by atoms with Crippen LogP contribution < -0.4 is 14.8 Å². The standard InChI is InChI=1S/C17H17IN2O5/c1-4-25-16-8-12(14(20(22)23)9-15(16)24-3)17(21)19-11-6-5-10(2)13(18)7-11/h5-9H,4H2,1-3H3,(H,19,21). The molecule has 2 aromatic rings. The summed E-state index contributed by atoms with van der Waals surface area (Å²) in [5.41, 5.74) is 1.19. The van der Waals surface area contributed by atoms with Gasteiger partial charge in [-0.1, -0.05) is 6.07 Å². The van der Waals surface area contributed by atoms with Gasteiger partial charge in [-0.3, -0.25) is 14.9 Å². The number of amides is 1. The maximum Gasteiger partial charge on any atom is 0.286 e. The average molecular weight is 456 g/mol. The lowest BCUT2D eigenvalue weighted by molar-refractivity contribution is -0.385. The van der Waals surface area contributed by atoms with Crippen molar-refractivity contribution >= 4 is 39.9 Å². The molecular weight excluding hydrogens is 439 g/mol. The van der Waals surface area contributed by atoms with Gasteiger partial charge in [-0.25, -0.2) is 0 Å². The molecule has 0 aliphatic carbocycles. The van der Waals surface area contributed by atoms with Crippen LogP contribution in [0.4, 0.5) is 11.4 Å². The summed E-state index contributed by atoms with van der Waals surface area (Å²) in [6.45, 7) is 4.07. The minimum Gasteiger partial charge on any atom is -0.493 e. The summed E-state index contributed by atoms with van der Waals surface area (Å²) in [6.07, 6.45) is 0. The summed E-state index contributed by atoms with van der Waals surface area (Å²) in [7, 11) is 1.38. The van der Waals surface area contributed by atoms with Gasteiger partial charge >= 0.3 is 0 Å². The molecule has 0 bridgehead atoms. The fourth-order valence-corrected chi connectivity index (χ4v) is 2.69. The van der Waals surface area contributed by atoms with Crippen LogP contribution in [0.15, 0.2) is 30.3 Å². The van der Waals surface area contributed by atoms with Gasteiger partial charge in [0.2, 0.25) is 0 Å². The molecule has 0 unspecified atom stereocenters. The molecule has 0 spiro atoms. The lowest BCUT2D eigenvalue weighted by Gasteiger charge is -2.12. The molecule has 0 saturated carbocycles. The molecule has 0 radical (unpaired) electrons. The number of methoxy groups -OCH3 is 1. The quantitative estimate of drug-likeness (QED) is 0.401. The van der Waals surface area contributed by atoms with Gasteiger partial charge in [-0.2, -0.15) is 0 Å². The number of carbonyl (C=O) groups is 1. The van der Waals surface area contributed by atoms with E-state index in [1.165, 1.54) is 19.2 Å². The van der Waals surface area contributed by atoms with Crippen LogP contribution in [0.5, 0.6) is 11.5 Å². The number of ether oxygens (including phenoxy) is 2. The van der Waals surface area contributed by atoms with Gasteiger partial charge < -0.3 is 14.8 Å². The molecule has 2 rings (SSSR count). The fraction of sp³-hybridized carbons (Fsp3) is 0.235. The van der Waals surface area contributed by atoms with Crippen molar-refractivity contribution in [3.05, 3.63) is 55.1 Å². The van der Waals surface area contributed by atoms with E-state index in [-0.39, 0.29) is 22.7 Å². The number of hydrogen-bond acceptors (Lipinski definition) is 5. The predicted octanol–water partition coefficient (Wildman–Crippen LogP) is 4.17. The normalized spacial score (nSPS) is 10.2. The summed E-state index contributed by atoms with van der Waals surface area (Å²) < 4.78 is 11.5. The Hall–Kier alpha value is -2.36. The zero-order chi connectivity index (χ0) is 18.6. The number of aryl methyl sites for hydroxylation is 1. The second-order valence-corrected chi connectivity index (χ2v) is 6.29. The van der Waals surface area contributed by atoms with Gasteiger partial charge in [0.15, 0.2) is 11.5 Å². The first kappa shape index (κ1) is 19.0. The maximum atomic E-state index is 12.6. The van der Waals surface area contributed by atoms with Crippen LogP contribution in [0.1, 0.15) is 22.8 Å². The van der Waals surface area contributed by atoms with Gasteiger partial charge in [-0.05, 0) is 54.1 Å². The zero-order valence-corrected chi connectivity index (χ0v) is 16.1. The second-order valence-electron chi connectivity index (χ2n) is 5.13. The van der Waals surface area contributed by atoms with Crippen molar-refractivity contribution in [2.24, 2.45) is 0 Å². The molecular formula is C17H17IN2O5. The molecule has 0 aliphatic heterocycles. The highest BCUT2D eigenvalue weighted by molar-refractivity contribution is 14.1. The Bertz CT molecular complexity index is 823. The molecule has 1 amide bonds. The number of anilines is 1. The largest absolute Gasteiger partial charge is 0.493 e. The number of carbonyl (C=O) groups excluding carboxylic acids is 1.